The number of amides is 2. The van der Waals surface area contributed by atoms with Gasteiger partial charge in [-0.3, -0.25) is 24.4 Å². The molecule has 10 heteroatoms. The number of benzene rings is 1. The van der Waals surface area contributed by atoms with Gasteiger partial charge in [0, 0.05) is 101 Å². The van der Waals surface area contributed by atoms with Gasteiger partial charge in [0.15, 0.2) is 0 Å². The number of hydrogen-bond acceptors (Lipinski definition) is 8. The molecule has 2 aliphatic rings. The first-order valence-corrected chi connectivity index (χ1v) is 20.7. The number of fused-ring (bicyclic) bond motifs is 2. The summed E-state index contributed by atoms with van der Waals surface area (Å²) in [7, 11) is 0. The highest BCUT2D eigenvalue weighted by atomic mass is 16.3. The molecule has 0 unspecified atom stereocenters. The number of ketones is 1. The molecule has 2 aliphatic carbocycles. The Morgan fingerprint density at radius 1 is 0.714 bits per heavy atom. The van der Waals surface area contributed by atoms with E-state index in [9.17, 15) is 19.5 Å². The standard InChI is InChI=1S/C46H60N6O4/c1-11-45(12-2,13-3)43(55)49-33-25-35(51(17-7)18-8)29-21-23-47-27-31(29)37(33)39-41(53)40(42(39)54)38-32-28-48-24-22-30(32)36(52(19-9)20-10)26-34(38)50-44(56)46(14-4,15-5)16-6/h21-28,53H,11-20H2,1-10H3,(H,49,55). The number of rotatable bonds is 16. The maximum Gasteiger partial charge on any atom is 0.252 e. The summed E-state index contributed by atoms with van der Waals surface area (Å²) in [5.74, 6) is -1.03. The summed E-state index contributed by atoms with van der Waals surface area (Å²) in [6, 6.07) is 5.74. The zero-order chi connectivity index (χ0) is 40.9. The SMILES string of the molecule is CCN(CC)C1=CC(=NC(=O)C(CC)(CC)CC)C(=C2C(=O)C(c3c(NC(=O)C(CC)(CC)CC)cc(N(CC)CC)c4ccncc34)=C2O)c2cnccc21. The second-order valence-electron chi connectivity index (χ2n) is 14.8. The predicted molar refractivity (Wildman–Crippen MR) is 230 cm³/mol. The van der Waals surface area contributed by atoms with Crippen molar-refractivity contribution < 1.29 is 19.5 Å². The number of nitrogens with zero attached hydrogens (tertiary/aromatic N) is 5. The van der Waals surface area contributed by atoms with Crippen molar-refractivity contribution in [3.63, 3.8) is 0 Å². The summed E-state index contributed by atoms with van der Waals surface area (Å²) in [6.45, 7) is 23.2. The van der Waals surface area contributed by atoms with E-state index in [0.29, 0.717) is 85.1 Å². The number of carbonyl (C=O) groups is 3. The maximum atomic E-state index is 15.0. The van der Waals surface area contributed by atoms with E-state index >= 15 is 0 Å². The van der Waals surface area contributed by atoms with Gasteiger partial charge in [0.05, 0.1) is 28.0 Å². The van der Waals surface area contributed by atoms with Crippen LogP contribution in [0.1, 0.15) is 124 Å². The smallest absolute Gasteiger partial charge is 0.252 e. The fraction of sp³-hybridized carbons (Fsp3) is 0.478. The molecule has 2 N–H and O–H groups in total. The van der Waals surface area contributed by atoms with Crippen LogP contribution in [0, 0.1) is 10.8 Å². The molecule has 3 aromatic rings. The van der Waals surface area contributed by atoms with Crippen LogP contribution < -0.4 is 10.2 Å². The van der Waals surface area contributed by atoms with Crippen molar-refractivity contribution in [2.24, 2.45) is 15.8 Å². The molecule has 2 heterocycles. The van der Waals surface area contributed by atoms with E-state index in [-0.39, 0.29) is 28.7 Å². The van der Waals surface area contributed by atoms with Crippen LogP contribution in [-0.4, -0.2) is 69.5 Å². The third-order valence-electron chi connectivity index (χ3n) is 12.9. The van der Waals surface area contributed by atoms with Crippen LogP contribution in [0.4, 0.5) is 11.4 Å². The number of carbonyl (C=O) groups excluding carboxylic acids is 3. The highest BCUT2D eigenvalue weighted by molar-refractivity contribution is 6.50. The molecule has 5 rings (SSSR count). The first kappa shape index (κ1) is 42.0. The summed E-state index contributed by atoms with van der Waals surface area (Å²) in [4.78, 5) is 61.5. The van der Waals surface area contributed by atoms with Gasteiger partial charge < -0.3 is 20.2 Å². The average Bonchev–Trinajstić information content (AvgIpc) is 3.22. The first-order valence-electron chi connectivity index (χ1n) is 20.7. The van der Waals surface area contributed by atoms with Crippen molar-refractivity contribution >= 4 is 62.3 Å². The molecule has 10 nitrogen and oxygen atoms in total. The topological polar surface area (TPSA) is 128 Å². The Balaban J connectivity index is 1.87. The molecule has 0 fully saturated rings. The fourth-order valence-corrected chi connectivity index (χ4v) is 8.64. The van der Waals surface area contributed by atoms with Gasteiger partial charge in [-0.15, -0.1) is 0 Å². The fourth-order valence-electron chi connectivity index (χ4n) is 8.64. The van der Waals surface area contributed by atoms with Crippen molar-refractivity contribution in [3.05, 3.63) is 77.1 Å². The lowest BCUT2D eigenvalue weighted by atomic mass is 9.74. The Kier molecular flexibility index (Phi) is 13.0. The molecule has 0 bridgehead atoms. The molecule has 0 aliphatic heterocycles. The Morgan fingerprint density at radius 2 is 1.29 bits per heavy atom. The van der Waals surface area contributed by atoms with Crippen molar-refractivity contribution in [1.82, 2.24) is 14.9 Å². The third-order valence-corrected chi connectivity index (χ3v) is 12.9. The van der Waals surface area contributed by atoms with E-state index in [2.05, 4.69) is 52.8 Å². The number of aliphatic hydroxyl groups excluding tert-OH is 1. The highest BCUT2D eigenvalue weighted by Gasteiger charge is 2.44. The van der Waals surface area contributed by atoms with Gasteiger partial charge in [-0.2, -0.15) is 0 Å². The van der Waals surface area contributed by atoms with Gasteiger partial charge in [-0.25, -0.2) is 4.99 Å². The van der Waals surface area contributed by atoms with Crippen LogP contribution in [-0.2, 0) is 14.4 Å². The van der Waals surface area contributed by atoms with Gasteiger partial charge in [-0.05, 0) is 90.5 Å². The van der Waals surface area contributed by atoms with Crippen LogP contribution in [0.2, 0.25) is 0 Å². The van der Waals surface area contributed by atoms with Gasteiger partial charge >= 0.3 is 0 Å². The minimum absolute atomic E-state index is 0.0675. The molecule has 298 valence electrons. The van der Waals surface area contributed by atoms with Crippen LogP contribution in [0.5, 0.6) is 0 Å². The first-order chi connectivity index (χ1) is 26.9. The summed E-state index contributed by atoms with van der Waals surface area (Å²) < 4.78 is 0. The quantitative estimate of drug-likeness (QED) is 0.138. The number of allylic oxidation sites excluding steroid dienone is 4. The number of anilines is 2. The number of nitrogens with one attached hydrogen (secondary N) is 1. The Labute approximate surface area is 332 Å². The second-order valence-corrected chi connectivity index (χ2v) is 14.8. The van der Waals surface area contributed by atoms with E-state index in [1.807, 2.05) is 65.8 Å². The lowest BCUT2D eigenvalue weighted by Crippen LogP contribution is -2.35. The molecular formula is C46H60N6O4. The van der Waals surface area contributed by atoms with Gasteiger partial charge in [-0.1, -0.05) is 41.5 Å². The van der Waals surface area contributed by atoms with Crippen molar-refractivity contribution in [1.29, 1.82) is 0 Å². The number of Topliss-reactive ketones (excluding diaryl/α,β-unsaturated/α-hetero) is 1. The number of aliphatic hydroxyl groups is 1. The molecule has 56 heavy (non-hydrogen) atoms. The molecule has 2 amide bonds. The number of aliphatic imine (C=N–C) groups is 1. The minimum atomic E-state index is -0.663. The lowest BCUT2D eigenvalue weighted by molar-refractivity contribution is -0.128. The molecule has 0 saturated carbocycles. The van der Waals surface area contributed by atoms with Crippen LogP contribution in [0.3, 0.4) is 0 Å². The molecule has 1 aromatic carbocycles. The minimum Gasteiger partial charge on any atom is -0.506 e. The Morgan fingerprint density at radius 3 is 1.84 bits per heavy atom. The van der Waals surface area contributed by atoms with Crippen molar-refractivity contribution in [2.75, 3.05) is 36.4 Å². The summed E-state index contributed by atoms with van der Waals surface area (Å²) in [6.07, 6.45) is 12.5. The predicted octanol–water partition coefficient (Wildman–Crippen LogP) is 9.82. The molecule has 0 atom stereocenters. The molecular weight excluding hydrogens is 701 g/mol. The summed E-state index contributed by atoms with van der Waals surface area (Å²) in [5.41, 5.74) is 3.64. The summed E-state index contributed by atoms with van der Waals surface area (Å²) in [5, 5.41) is 17.1. The van der Waals surface area contributed by atoms with Crippen LogP contribution in [0.15, 0.2) is 65.4 Å². The van der Waals surface area contributed by atoms with Crippen molar-refractivity contribution in [3.8, 4) is 0 Å². The zero-order valence-electron chi connectivity index (χ0n) is 35.1. The number of hydrogen-bond donors (Lipinski definition) is 2. The van der Waals surface area contributed by atoms with Gasteiger partial charge in [0.1, 0.15) is 5.76 Å². The van der Waals surface area contributed by atoms with E-state index in [0.717, 1.165) is 35.4 Å². The van der Waals surface area contributed by atoms with Crippen LogP contribution >= 0.6 is 0 Å². The van der Waals surface area contributed by atoms with E-state index in [1.54, 1.807) is 24.8 Å². The third kappa shape index (κ3) is 6.96. The normalized spacial score (nSPS) is 16.5. The zero-order valence-corrected chi connectivity index (χ0v) is 35.1. The van der Waals surface area contributed by atoms with Gasteiger partial charge in [0.2, 0.25) is 11.7 Å². The lowest BCUT2D eigenvalue weighted by Gasteiger charge is -2.34. The van der Waals surface area contributed by atoms with Crippen molar-refractivity contribution in [2.45, 2.75) is 108 Å². The summed E-state index contributed by atoms with van der Waals surface area (Å²) >= 11 is 0. The molecule has 0 spiro atoms. The molecule has 0 saturated heterocycles. The second kappa shape index (κ2) is 17.3. The average molecular weight is 761 g/mol. The number of pyridine rings is 2. The van der Waals surface area contributed by atoms with Crippen LogP contribution in [0.25, 0.3) is 27.6 Å². The largest absolute Gasteiger partial charge is 0.506 e. The van der Waals surface area contributed by atoms with E-state index in [4.69, 9.17) is 4.99 Å². The molecule has 2 aromatic heterocycles. The van der Waals surface area contributed by atoms with Gasteiger partial charge in [0.25, 0.3) is 5.91 Å². The highest BCUT2D eigenvalue weighted by Crippen LogP contribution is 2.49. The Bertz CT molecular complexity index is 2110. The van der Waals surface area contributed by atoms with E-state index in [1.165, 1.54) is 0 Å². The molecule has 0 radical (unpaired) electrons. The van der Waals surface area contributed by atoms with E-state index < -0.39 is 16.6 Å². The maximum absolute atomic E-state index is 15.0. The number of aromatic nitrogens is 2. The monoisotopic (exact) mass is 760 g/mol. The Hall–Kier alpha value is -5.12.